The Morgan fingerprint density at radius 1 is 0.903 bits per heavy atom. The summed E-state index contributed by atoms with van der Waals surface area (Å²) in [6, 6.07) is 22.2. The van der Waals surface area contributed by atoms with E-state index >= 15 is 0 Å². The highest BCUT2D eigenvalue weighted by Crippen LogP contribution is 2.31. The standard InChI is InChI=1S/C26H28N2O3/c1-27(2)26(29)21-11-8-19(9-12-21)18-31-24-13-10-20(14-25(24)30-3)15-28-16-22-6-4-5-7-23(22)17-28/h4-14H,15-18H2,1-3H3. The third-order valence-corrected chi connectivity index (χ3v) is 5.54. The van der Waals surface area contributed by atoms with E-state index in [4.69, 9.17) is 9.47 Å². The van der Waals surface area contributed by atoms with Crippen molar-refractivity contribution in [2.24, 2.45) is 0 Å². The summed E-state index contributed by atoms with van der Waals surface area (Å²) in [7, 11) is 5.16. The second-order valence-corrected chi connectivity index (χ2v) is 8.08. The Kier molecular flexibility index (Phi) is 6.23. The van der Waals surface area contributed by atoms with Crippen molar-refractivity contribution in [2.75, 3.05) is 21.2 Å². The zero-order valence-electron chi connectivity index (χ0n) is 18.3. The average Bonchev–Trinajstić information content (AvgIpc) is 3.20. The van der Waals surface area contributed by atoms with Crippen molar-refractivity contribution >= 4 is 5.91 Å². The molecule has 4 rings (SSSR count). The summed E-state index contributed by atoms with van der Waals surface area (Å²) in [4.78, 5) is 16.0. The molecule has 160 valence electrons. The van der Waals surface area contributed by atoms with Crippen LogP contribution in [0, 0.1) is 0 Å². The lowest BCUT2D eigenvalue weighted by Gasteiger charge is -2.17. The highest BCUT2D eigenvalue weighted by molar-refractivity contribution is 5.93. The van der Waals surface area contributed by atoms with Gasteiger partial charge in [-0.15, -0.1) is 0 Å². The Balaban J connectivity index is 1.38. The molecule has 0 saturated heterocycles. The van der Waals surface area contributed by atoms with Gasteiger partial charge in [-0.3, -0.25) is 9.69 Å². The molecule has 5 heteroatoms. The minimum Gasteiger partial charge on any atom is -0.493 e. The van der Waals surface area contributed by atoms with Crippen LogP contribution < -0.4 is 9.47 Å². The Labute approximate surface area is 183 Å². The average molecular weight is 417 g/mol. The van der Waals surface area contributed by atoms with E-state index in [1.54, 1.807) is 26.1 Å². The second-order valence-electron chi connectivity index (χ2n) is 8.08. The van der Waals surface area contributed by atoms with E-state index in [0.717, 1.165) is 30.9 Å². The topological polar surface area (TPSA) is 42.0 Å². The molecule has 0 spiro atoms. The normalized spacial score (nSPS) is 13.0. The number of methoxy groups -OCH3 is 1. The molecule has 31 heavy (non-hydrogen) atoms. The van der Waals surface area contributed by atoms with Crippen LogP contribution in [-0.2, 0) is 26.2 Å². The van der Waals surface area contributed by atoms with Crippen LogP contribution in [0.2, 0.25) is 0 Å². The number of rotatable bonds is 7. The third-order valence-electron chi connectivity index (χ3n) is 5.54. The molecular weight excluding hydrogens is 388 g/mol. The van der Waals surface area contributed by atoms with Crippen molar-refractivity contribution in [3.63, 3.8) is 0 Å². The van der Waals surface area contributed by atoms with Crippen LogP contribution in [-0.4, -0.2) is 36.9 Å². The van der Waals surface area contributed by atoms with E-state index in [1.807, 2.05) is 30.3 Å². The monoisotopic (exact) mass is 416 g/mol. The number of benzene rings is 3. The largest absolute Gasteiger partial charge is 0.493 e. The van der Waals surface area contributed by atoms with Crippen molar-refractivity contribution in [3.8, 4) is 11.5 Å². The van der Waals surface area contributed by atoms with Gasteiger partial charge in [0, 0.05) is 39.3 Å². The Morgan fingerprint density at radius 2 is 1.55 bits per heavy atom. The van der Waals surface area contributed by atoms with Gasteiger partial charge in [0.05, 0.1) is 7.11 Å². The summed E-state index contributed by atoms with van der Waals surface area (Å²) in [5.74, 6) is 1.43. The van der Waals surface area contributed by atoms with Gasteiger partial charge in [0.1, 0.15) is 6.61 Å². The minimum absolute atomic E-state index is 0.00850. The lowest BCUT2D eigenvalue weighted by molar-refractivity contribution is 0.0827. The number of fused-ring (bicyclic) bond motifs is 1. The SMILES string of the molecule is COc1cc(CN2Cc3ccccc3C2)ccc1OCc1ccc(C(=O)N(C)C)cc1. The zero-order valence-corrected chi connectivity index (χ0v) is 18.3. The van der Waals surface area contributed by atoms with Crippen LogP contribution in [0.1, 0.15) is 32.6 Å². The number of carbonyl (C=O) groups excluding carboxylic acids is 1. The van der Waals surface area contributed by atoms with E-state index < -0.39 is 0 Å². The fraction of sp³-hybridized carbons (Fsp3) is 0.269. The summed E-state index contributed by atoms with van der Waals surface area (Å²) in [5, 5.41) is 0. The fourth-order valence-corrected chi connectivity index (χ4v) is 3.87. The molecule has 0 unspecified atom stereocenters. The molecule has 0 aliphatic carbocycles. The maximum atomic E-state index is 12.0. The summed E-state index contributed by atoms with van der Waals surface area (Å²) in [6.45, 7) is 3.23. The minimum atomic E-state index is -0.00850. The quantitative estimate of drug-likeness (QED) is 0.569. The van der Waals surface area contributed by atoms with E-state index in [1.165, 1.54) is 16.7 Å². The summed E-state index contributed by atoms with van der Waals surface area (Å²) >= 11 is 0. The molecule has 0 fully saturated rings. The maximum Gasteiger partial charge on any atom is 0.253 e. The van der Waals surface area contributed by atoms with Gasteiger partial charge >= 0.3 is 0 Å². The molecule has 3 aromatic rings. The molecule has 0 bridgehead atoms. The number of ether oxygens (including phenoxy) is 2. The number of carbonyl (C=O) groups is 1. The molecule has 1 heterocycles. The summed E-state index contributed by atoms with van der Waals surface area (Å²) in [6.07, 6.45) is 0. The molecule has 0 N–H and O–H groups in total. The van der Waals surface area contributed by atoms with Crippen LogP contribution in [0.4, 0.5) is 0 Å². The van der Waals surface area contributed by atoms with Gasteiger partial charge in [0.15, 0.2) is 11.5 Å². The number of hydrogen-bond acceptors (Lipinski definition) is 4. The lowest BCUT2D eigenvalue weighted by Crippen LogP contribution is -2.21. The highest BCUT2D eigenvalue weighted by atomic mass is 16.5. The Hall–Kier alpha value is -3.31. The maximum absolute atomic E-state index is 12.0. The second kappa shape index (κ2) is 9.23. The van der Waals surface area contributed by atoms with Crippen LogP contribution in [0.25, 0.3) is 0 Å². The van der Waals surface area contributed by atoms with Crippen molar-refractivity contribution in [1.29, 1.82) is 0 Å². The van der Waals surface area contributed by atoms with E-state index in [0.29, 0.717) is 17.9 Å². The van der Waals surface area contributed by atoms with Crippen LogP contribution in [0.3, 0.4) is 0 Å². The number of hydrogen-bond donors (Lipinski definition) is 0. The smallest absolute Gasteiger partial charge is 0.253 e. The molecule has 3 aromatic carbocycles. The number of amides is 1. The van der Waals surface area contributed by atoms with Crippen LogP contribution >= 0.6 is 0 Å². The van der Waals surface area contributed by atoms with Gasteiger partial charge in [0.25, 0.3) is 5.91 Å². The van der Waals surface area contributed by atoms with Crippen LogP contribution in [0.5, 0.6) is 11.5 Å². The highest BCUT2D eigenvalue weighted by Gasteiger charge is 2.19. The molecule has 0 radical (unpaired) electrons. The van der Waals surface area contributed by atoms with Crippen molar-refractivity contribution in [1.82, 2.24) is 9.80 Å². The first-order valence-corrected chi connectivity index (χ1v) is 10.4. The van der Waals surface area contributed by atoms with Gasteiger partial charge < -0.3 is 14.4 Å². The molecule has 5 nitrogen and oxygen atoms in total. The van der Waals surface area contributed by atoms with Crippen molar-refractivity contribution in [2.45, 2.75) is 26.2 Å². The molecular formula is C26H28N2O3. The predicted octanol–water partition coefficient (Wildman–Crippen LogP) is 4.49. The van der Waals surface area contributed by atoms with E-state index in [-0.39, 0.29) is 5.91 Å². The first kappa shape index (κ1) is 20.9. The van der Waals surface area contributed by atoms with Gasteiger partial charge in [-0.05, 0) is 46.5 Å². The third kappa shape index (κ3) is 4.89. The van der Waals surface area contributed by atoms with Gasteiger partial charge in [-0.25, -0.2) is 0 Å². The lowest BCUT2D eigenvalue weighted by atomic mass is 10.1. The molecule has 0 saturated carbocycles. The summed E-state index contributed by atoms with van der Waals surface area (Å²) in [5.41, 5.74) is 5.68. The molecule has 1 amide bonds. The van der Waals surface area contributed by atoms with Gasteiger partial charge in [0.2, 0.25) is 0 Å². The fourth-order valence-electron chi connectivity index (χ4n) is 3.87. The molecule has 1 aliphatic rings. The Morgan fingerprint density at radius 3 is 2.16 bits per heavy atom. The number of nitrogens with zero attached hydrogens (tertiary/aromatic N) is 2. The first-order valence-electron chi connectivity index (χ1n) is 10.4. The van der Waals surface area contributed by atoms with Crippen LogP contribution in [0.15, 0.2) is 66.7 Å². The van der Waals surface area contributed by atoms with E-state index in [2.05, 4.69) is 41.3 Å². The zero-order chi connectivity index (χ0) is 21.8. The van der Waals surface area contributed by atoms with Gasteiger partial charge in [-0.1, -0.05) is 42.5 Å². The summed E-state index contributed by atoms with van der Waals surface area (Å²) < 4.78 is 11.6. The first-order chi connectivity index (χ1) is 15.0. The van der Waals surface area contributed by atoms with E-state index in [9.17, 15) is 4.79 Å². The van der Waals surface area contributed by atoms with Gasteiger partial charge in [-0.2, -0.15) is 0 Å². The van der Waals surface area contributed by atoms with Crippen molar-refractivity contribution < 1.29 is 14.3 Å². The molecule has 1 aliphatic heterocycles. The predicted molar refractivity (Wildman–Crippen MR) is 121 cm³/mol. The molecule has 0 atom stereocenters. The Bertz CT molecular complexity index is 1040. The molecule has 0 aromatic heterocycles. The van der Waals surface area contributed by atoms with Crippen molar-refractivity contribution in [3.05, 3.63) is 94.5 Å².